The van der Waals surface area contributed by atoms with E-state index in [1.54, 1.807) is 4.68 Å². The zero-order chi connectivity index (χ0) is 18.4. The van der Waals surface area contributed by atoms with E-state index >= 15 is 0 Å². The van der Waals surface area contributed by atoms with Crippen LogP contribution in [-0.2, 0) is 14.1 Å². The summed E-state index contributed by atoms with van der Waals surface area (Å²) < 4.78 is 3.68. The molecule has 0 spiro atoms. The Hall–Kier alpha value is -3.59. The molecule has 0 radical (unpaired) electrons. The van der Waals surface area contributed by atoms with E-state index in [0.717, 1.165) is 39.0 Å². The van der Waals surface area contributed by atoms with Gasteiger partial charge in [-0.3, -0.25) is 4.68 Å². The van der Waals surface area contributed by atoms with Gasteiger partial charge in [-0.15, -0.1) is 0 Å². The number of aromatic nitrogens is 4. The van der Waals surface area contributed by atoms with Gasteiger partial charge < -0.3 is 10.3 Å². The second kappa shape index (κ2) is 5.74. The topological polar surface area (TPSA) is 85.4 Å². The van der Waals surface area contributed by atoms with E-state index in [9.17, 15) is 5.26 Å². The molecule has 2 aromatic carbocycles. The smallest absolute Gasteiger partial charge is 0.200 e. The molecule has 0 atom stereocenters. The summed E-state index contributed by atoms with van der Waals surface area (Å²) in [6, 6.07) is 14.0. The van der Waals surface area contributed by atoms with Crippen molar-refractivity contribution >= 4 is 17.0 Å². The summed E-state index contributed by atoms with van der Waals surface area (Å²) in [4.78, 5) is 4.56. The van der Waals surface area contributed by atoms with E-state index < -0.39 is 0 Å². The first-order valence-electron chi connectivity index (χ1n) is 8.25. The fourth-order valence-electron chi connectivity index (χ4n) is 3.39. The molecule has 2 N–H and O–H groups in total. The number of nitrogens with two attached hydrogens (primary N) is 1. The number of imidazole rings is 1. The number of aryl methyl sites for hydroxylation is 3. The molecule has 4 aromatic rings. The van der Waals surface area contributed by atoms with Gasteiger partial charge in [0, 0.05) is 30.8 Å². The van der Waals surface area contributed by atoms with Crippen molar-refractivity contribution in [1.82, 2.24) is 19.3 Å². The number of hydrogen-bond acceptors (Lipinski definition) is 4. The molecule has 6 nitrogen and oxygen atoms in total. The molecule has 0 bridgehead atoms. The van der Waals surface area contributed by atoms with Crippen LogP contribution in [0, 0.1) is 18.3 Å². The summed E-state index contributed by atoms with van der Waals surface area (Å²) >= 11 is 0. The number of rotatable bonds is 2. The van der Waals surface area contributed by atoms with Gasteiger partial charge in [-0.2, -0.15) is 10.4 Å². The zero-order valence-electron chi connectivity index (χ0n) is 14.9. The van der Waals surface area contributed by atoms with Crippen LogP contribution in [0.1, 0.15) is 11.1 Å². The molecular formula is C20H18N6. The van der Waals surface area contributed by atoms with Gasteiger partial charge in [0.1, 0.15) is 0 Å². The van der Waals surface area contributed by atoms with E-state index in [1.165, 1.54) is 0 Å². The second-order valence-corrected chi connectivity index (χ2v) is 6.40. The lowest BCUT2D eigenvalue weighted by Gasteiger charge is -2.10. The first kappa shape index (κ1) is 15.9. The fourth-order valence-corrected chi connectivity index (χ4v) is 3.39. The quantitative estimate of drug-likeness (QED) is 0.605. The van der Waals surface area contributed by atoms with Crippen molar-refractivity contribution in [2.24, 2.45) is 14.1 Å². The van der Waals surface area contributed by atoms with Crippen LogP contribution in [0.2, 0.25) is 0 Å². The Morgan fingerprint density at radius 3 is 2.62 bits per heavy atom. The Morgan fingerprint density at radius 1 is 1.08 bits per heavy atom. The summed E-state index contributed by atoms with van der Waals surface area (Å²) in [7, 11) is 3.79. The molecule has 0 saturated carbocycles. The first-order valence-corrected chi connectivity index (χ1v) is 8.25. The average molecular weight is 342 g/mol. The predicted octanol–water partition coefficient (Wildman–Crippen LogP) is 3.40. The lowest BCUT2D eigenvalue weighted by atomic mass is 9.96. The van der Waals surface area contributed by atoms with Gasteiger partial charge in [-0.25, -0.2) is 4.98 Å². The maximum atomic E-state index is 9.51. The van der Waals surface area contributed by atoms with Crippen LogP contribution in [0.15, 0.2) is 42.6 Å². The summed E-state index contributed by atoms with van der Waals surface area (Å²) in [6.45, 7) is 2.05. The van der Waals surface area contributed by atoms with Gasteiger partial charge in [-0.05, 0) is 30.7 Å². The lowest BCUT2D eigenvalue weighted by Crippen LogP contribution is -1.97. The molecule has 0 aliphatic heterocycles. The molecule has 0 unspecified atom stereocenters. The average Bonchev–Trinajstić information content (AvgIpc) is 3.15. The number of fused-ring (bicyclic) bond motifs is 1. The minimum Gasteiger partial charge on any atom is -0.369 e. The highest BCUT2D eigenvalue weighted by molar-refractivity contribution is 5.98. The van der Waals surface area contributed by atoms with Crippen molar-refractivity contribution in [1.29, 1.82) is 5.26 Å². The standard InChI is InChI=1S/C20H18N6/c1-12-8-15(18-17(9-12)25(2)20(22)24-18)16-11-23-26(3)19(16)14-7-5-4-6-13(14)10-21/h4-9,11H,1-3H3,(H2,22,24). The van der Waals surface area contributed by atoms with E-state index in [2.05, 4.69) is 28.3 Å². The Bertz CT molecular complexity index is 1190. The third-order valence-electron chi connectivity index (χ3n) is 4.70. The molecule has 0 amide bonds. The van der Waals surface area contributed by atoms with Crippen molar-refractivity contribution in [3.63, 3.8) is 0 Å². The van der Waals surface area contributed by atoms with E-state index in [1.807, 2.05) is 56.0 Å². The van der Waals surface area contributed by atoms with Gasteiger partial charge in [0.2, 0.25) is 5.95 Å². The Kier molecular flexibility index (Phi) is 3.51. The molecular weight excluding hydrogens is 324 g/mol. The van der Waals surface area contributed by atoms with Crippen molar-refractivity contribution in [3.8, 4) is 28.5 Å². The number of nitrogens with zero attached hydrogens (tertiary/aromatic N) is 5. The van der Waals surface area contributed by atoms with Crippen molar-refractivity contribution in [3.05, 3.63) is 53.7 Å². The van der Waals surface area contributed by atoms with Crippen molar-refractivity contribution < 1.29 is 0 Å². The Labute approximate surface area is 151 Å². The van der Waals surface area contributed by atoms with Crippen LogP contribution in [-0.4, -0.2) is 19.3 Å². The molecule has 0 aliphatic carbocycles. The van der Waals surface area contributed by atoms with Crippen LogP contribution in [0.5, 0.6) is 0 Å². The third kappa shape index (κ3) is 2.25. The normalized spacial score (nSPS) is 11.0. The van der Waals surface area contributed by atoms with Crippen LogP contribution < -0.4 is 5.73 Å². The van der Waals surface area contributed by atoms with Gasteiger partial charge >= 0.3 is 0 Å². The summed E-state index contributed by atoms with van der Waals surface area (Å²) in [6.07, 6.45) is 1.82. The summed E-state index contributed by atoms with van der Waals surface area (Å²) in [5, 5.41) is 14.0. The van der Waals surface area contributed by atoms with E-state index in [-0.39, 0.29) is 0 Å². The number of nitriles is 1. The van der Waals surface area contributed by atoms with Crippen LogP contribution >= 0.6 is 0 Å². The van der Waals surface area contributed by atoms with Crippen molar-refractivity contribution in [2.45, 2.75) is 6.92 Å². The van der Waals surface area contributed by atoms with Gasteiger partial charge in [-0.1, -0.05) is 18.2 Å². The van der Waals surface area contributed by atoms with Gasteiger partial charge in [0.15, 0.2) is 0 Å². The minimum absolute atomic E-state index is 0.467. The van der Waals surface area contributed by atoms with Crippen LogP contribution in [0.3, 0.4) is 0 Å². The molecule has 0 fully saturated rings. The number of hydrogen-bond donors (Lipinski definition) is 1. The maximum absolute atomic E-state index is 9.51. The molecule has 0 saturated heterocycles. The van der Waals surface area contributed by atoms with Crippen molar-refractivity contribution in [2.75, 3.05) is 5.73 Å². The van der Waals surface area contributed by atoms with Crippen LogP contribution in [0.4, 0.5) is 5.95 Å². The summed E-state index contributed by atoms with van der Waals surface area (Å²) in [5.74, 6) is 0.467. The third-order valence-corrected chi connectivity index (χ3v) is 4.70. The summed E-state index contributed by atoms with van der Waals surface area (Å²) in [5.41, 5.74) is 13.2. The van der Waals surface area contributed by atoms with Crippen LogP contribution in [0.25, 0.3) is 33.4 Å². The zero-order valence-corrected chi connectivity index (χ0v) is 14.9. The maximum Gasteiger partial charge on any atom is 0.200 e. The molecule has 128 valence electrons. The van der Waals surface area contributed by atoms with Gasteiger partial charge in [0.25, 0.3) is 0 Å². The van der Waals surface area contributed by atoms with E-state index in [4.69, 9.17) is 5.73 Å². The largest absolute Gasteiger partial charge is 0.369 e. The first-order chi connectivity index (χ1) is 12.5. The molecule has 4 rings (SSSR count). The molecule has 26 heavy (non-hydrogen) atoms. The Morgan fingerprint density at radius 2 is 1.85 bits per heavy atom. The molecule has 2 aromatic heterocycles. The highest BCUT2D eigenvalue weighted by Gasteiger charge is 2.20. The molecule has 6 heteroatoms. The highest BCUT2D eigenvalue weighted by atomic mass is 15.3. The number of benzene rings is 2. The minimum atomic E-state index is 0.467. The fraction of sp³-hybridized carbons (Fsp3) is 0.150. The monoisotopic (exact) mass is 342 g/mol. The van der Waals surface area contributed by atoms with Gasteiger partial charge in [0.05, 0.1) is 34.6 Å². The highest BCUT2D eigenvalue weighted by Crippen LogP contribution is 2.37. The van der Waals surface area contributed by atoms with E-state index in [0.29, 0.717) is 11.5 Å². The SMILES string of the molecule is Cc1cc(-c2cnn(C)c2-c2ccccc2C#N)c2nc(N)n(C)c2c1. The predicted molar refractivity (Wildman–Crippen MR) is 102 cm³/mol. The number of anilines is 1. The number of nitrogen functional groups attached to an aromatic ring is 1. The molecule has 2 heterocycles. The Balaban J connectivity index is 2.07. The lowest BCUT2D eigenvalue weighted by molar-refractivity contribution is 0.776. The molecule has 0 aliphatic rings. The second-order valence-electron chi connectivity index (χ2n) is 6.40.